The monoisotopic (exact) mass is 420 g/mol. The molecule has 2 aromatic rings. The molecule has 4 nitrogen and oxygen atoms in total. The largest absolute Gasteiger partial charge is 0.509 e. The molecule has 2 N–H and O–H groups in total. The predicted octanol–water partition coefficient (Wildman–Crippen LogP) is 2.35. The maximum Gasteiger partial charge on any atom is 0.509 e. The molecule has 0 unspecified atom stereocenters. The molecule has 2 aromatic heterocycles. The number of nitrogens with one attached hydrogen (secondary N) is 2. The molecule has 0 bridgehead atoms. The van der Waals surface area contributed by atoms with Crippen molar-refractivity contribution in [2.24, 2.45) is 0 Å². The highest BCUT2D eigenvalue weighted by Crippen LogP contribution is 2.02. The summed E-state index contributed by atoms with van der Waals surface area (Å²) in [7, 11) is 1.86. The Bertz CT molecular complexity index is 1560. The van der Waals surface area contributed by atoms with E-state index in [1.54, 1.807) is 0 Å². The molecule has 0 aliphatic heterocycles. The number of aromatic nitrogens is 2. The average molecular weight is 420 g/mol. The zero-order chi connectivity index (χ0) is 23.6. The third-order valence-corrected chi connectivity index (χ3v) is 3.60. The van der Waals surface area contributed by atoms with Crippen LogP contribution in [-0.4, -0.2) is 7.05 Å². The molecule has 0 amide bonds. The summed E-state index contributed by atoms with van der Waals surface area (Å²) in [5.41, 5.74) is 23.1. The van der Waals surface area contributed by atoms with Gasteiger partial charge in [-0.25, -0.2) is 0 Å². The van der Waals surface area contributed by atoms with Gasteiger partial charge < -0.3 is 10.6 Å². The lowest BCUT2D eigenvalue weighted by Gasteiger charge is -1.98. The Balaban J connectivity index is 2.43. The van der Waals surface area contributed by atoms with Gasteiger partial charge in [-0.15, -0.1) is 15.6 Å². The van der Waals surface area contributed by atoms with Crippen LogP contribution in [0, 0.1) is 53.8 Å². The molecule has 0 atom stereocenters. The van der Waals surface area contributed by atoms with Gasteiger partial charge in [-0.1, -0.05) is 5.73 Å². The summed E-state index contributed by atoms with van der Waals surface area (Å²) in [5, 5.41) is 6.04. The van der Waals surface area contributed by atoms with E-state index < -0.39 is 0 Å². The molecule has 0 aliphatic carbocycles. The van der Waals surface area contributed by atoms with E-state index in [1.165, 1.54) is 0 Å². The van der Waals surface area contributed by atoms with Gasteiger partial charge in [0.15, 0.2) is 24.8 Å². The first-order chi connectivity index (χ1) is 16.3. The third kappa shape index (κ3) is 8.57. The van der Waals surface area contributed by atoms with E-state index in [0.29, 0.717) is 5.82 Å². The van der Waals surface area contributed by atoms with E-state index in [1.807, 2.05) is 65.2 Å². The van der Waals surface area contributed by atoms with Crippen molar-refractivity contribution in [2.45, 2.75) is 0 Å². The number of anilines is 2. The molecule has 0 radical (unpaired) electrons. The first-order valence-electron chi connectivity index (χ1n) is 9.36. The average Bonchev–Trinajstić information content (AvgIpc) is 2.86. The zero-order valence-corrected chi connectivity index (χ0v) is 17.8. The lowest BCUT2D eigenvalue weighted by atomic mass is 10.4. The van der Waals surface area contributed by atoms with Gasteiger partial charge in [-0.05, 0) is 53.0 Å². The van der Waals surface area contributed by atoms with Gasteiger partial charge in [0.05, 0.1) is 11.4 Å². The van der Waals surface area contributed by atoms with Crippen LogP contribution in [0.25, 0.3) is 0 Å². The van der Waals surface area contributed by atoms with E-state index in [2.05, 4.69) is 105 Å². The maximum absolute atomic E-state index is 5.01. The highest BCUT2D eigenvalue weighted by molar-refractivity contribution is 5.48. The fraction of sp³-hybridized carbons (Fsp3) is 0.0345. The van der Waals surface area contributed by atoms with Crippen LogP contribution in [0.2, 0.25) is 0 Å². The highest BCUT2D eigenvalue weighted by Gasteiger charge is 2.20. The van der Waals surface area contributed by atoms with Crippen molar-refractivity contribution in [3.63, 3.8) is 0 Å². The fourth-order valence-corrected chi connectivity index (χ4v) is 2.17. The standard InChI is InChI=1S/C29H14N4/c1-4-6-8-10-12-13-15-17-29(32-23-18-27(30-3)19-24-32)33-25-20-28(21-26-33)31-22-16-14-11-9-7-5-2/h2,18-21,23-26H,1H2,3H3/p+2. The predicted molar refractivity (Wildman–Crippen MR) is 126 cm³/mol. The second kappa shape index (κ2) is 14.2. The molecule has 150 valence electrons. The van der Waals surface area contributed by atoms with Gasteiger partial charge in [0.1, 0.15) is 0 Å². The van der Waals surface area contributed by atoms with E-state index >= 15 is 0 Å². The lowest BCUT2D eigenvalue weighted by molar-refractivity contribution is -0.836. The third-order valence-electron chi connectivity index (χ3n) is 3.60. The lowest BCUT2D eigenvalue weighted by Crippen LogP contribution is -2.52. The van der Waals surface area contributed by atoms with E-state index in [4.69, 9.17) is 6.42 Å². The topological polar surface area (TPSA) is 31.8 Å². The van der Waals surface area contributed by atoms with Crippen molar-refractivity contribution < 1.29 is 9.13 Å². The Morgan fingerprint density at radius 2 is 1.30 bits per heavy atom. The van der Waals surface area contributed by atoms with E-state index in [9.17, 15) is 0 Å². The minimum atomic E-state index is 0.674. The Morgan fingerprint density at radius 3 is 1.91 bits per heavy atom. The number of nitrogens with zero attached hydrogens (tertiary/aromatic N) is 2. The number of hydrogen-bond acceptors (Lipinski definition) is 2. The number of hydrogen-bond donors (Lipinski definition) is 2. The van der Waals surface area contributed by atoms with Crippen LogP contribution in [0.1, 0.15) is 0 Å². The Morgan fingerprint density at radius 1 is 0.758 bits per heavy atom. The summed E-state index contributed by atoms with van der Waals surface area (Å²) in [6.45, 7) is 3.38. The van der Waals surface area contributed by atoms with Gasteiger partial charge >= 0.3 is 5.82 Å². The first-order valence-corrected chi connectivity index (χ1v) is 9.36. The summed E-state index contributed by atoms with van der Waals surface area (Å²) in [6, 6.07) is 10.3. The van der Waals surface area contributed by atoms with Crippen LogP contribution in [-0.2, 0) is 0 Å². The van der Waals surface area contributed by atoms with Gasteiger partial charge in [0, 0.05) is 66.5 Å². The van der Waals surface area contributed by atoms with Crippen molar-refractivity contribution in [3.05, 3.63) is 107 Å². The van der Waals surface area contributed by atoms with Crippen LogP contribution >= 0.6 is 0 Å². The van der Waals surface area contributed by atoms with E-state index in [0.717, 1.165) is 11.4 Å². The van der Waals surface area contributed by atoms with Crippen LogP contribution < -0.4 is 19.8 Å². The molecule has 0 fully saturated rings. The van der Waals surface area contributed by atoms with Gasteiger partial charge in [0.2, 0.25) is 0 Å². The van der Waals surface area contributed by atoms with Crippen LogP contribution in [0.3, 0.4) is 0 Å². The SMILES string of the molecule is C#CC#CC#CC#CNc1cc[n+](C(=C=C=C=C=C=C=C=C=C)[n+]2ccc(NC)cc2)cc1. The van der Waals surface area contributed by atoms with Crippen LogP contribution in [0.5, 0.6) is 0 Å². The number of rotatable bonds is 4. The summed E-state index contributed by atoms with van der Waals surface area (Å²) < 4.78 is 3.75. The molecule has 0 spiro atoms. The Hall–Kier alpha value is -5.88. The Labute approximate surface area is 193 Å². The molecular weight excluding hydrogens is 404 g/mol. The van der Waals surface area contributed by atoms with E-state index in [-0.39, 0.29) is 0 Å². The summed E-state index contributed by atoms with van der Waals surface area (Å²) in [6.07, 6.45) is 12.5. The summed E-state index contributed by atoms with van der Waals surface area (Å²) in [5.74, 6) is 15.5. The molecule has 0 saturated heterocycles. The molecule has 4 heteroatoms. The quantitative estimate of drug-likeness (QED) is 0.345. The highest BCUT2D eigenvalue weighted by atomic mass is 15.2. The molecule has 0 saturated carbocycles. The van der Waals surface area contributed by atoms with Crippen LogP contribution in [0.4, 0.5) is 11.4 Å². The first kappa shape index (κ1) is 23.4. The minimum absolute atomic E-state index is 0.674. The smallest absolute Gasteiger partial charge is 0.388 e. The second-order valence-corrected chi connectivity index (χ2v) is 5.63. The molecule has 0 aromatic carbocycles. The van der Waals surface area contributed by atoms with Crippen molar-refractivity contribution in [2.75, 3.05) is 17.7 Å². The van der Waals surface area contributed by atoms with Gasteiger partial charge in [-0.2, -0.15) is 0 Å². The van der Waals surface area contributed by atoms with Crippen molar-refractivity contribution in [1.82, 2.24) is 0 Å². The summed E-state index contributed by atoms with van der Waals surface area (Å²) in [4.78, 5) is 0. The number of pyridine rings is 2. The van der Waals surface area contributed by atoms with Gasteiger partial charge in [0.25, 0.3) is 0 Å². The number of terminal acetylenes is 1. The normalized spacial score (nSPS) is 7.15. The molecule has 2 heterocycles. The van der Waals surface area contributed by atoms with Crippen molar-refractivity contribution in [3.8, 4) is 48.0 Å². The summed E-state index contributed by atoms with van der Waals surface area (Å²) >= 11 is 0. The van der Waals surface area contributed by atoms with Crippen molar-refractivity contribution >= 4 is 11.4 Å². The molecule has 2 rings (SSSR count). The molecule has 0 aliphatic rings. The van der Waals surface area contributed by atoms with Gasteiger partial charge in [-0.3, -0.25) is 0 Å². The maximum atomic E-state index is 5.01. The van der Waals surface area contributed by atoms with Crippen LogP contribution in [0.15, 0.2) is 101 Å². The molecular formula is C29H16N4+2. The van der Waals surface area contributed by atoms with Crippen molar-refractivity contribution in [1.29, 1.82) is 0 Å². The molecule has 33 heavy (non-hydrogen) atoms. The minimum Gasteiger partial charge on any atom is -0.388 e. The zero-order valence-electron chi connectivity index (χ0n) is 17.8. The Kier molecular flexibility index (Phi) is 10.0. The second-order valence-electron chi connectivity index (χ2n) is 5.63. The fourth-order valence-electron chi connectivity index (χ4n) is 2.17.